The monoisotopic (exact) mass is 393 g/mol. The number of benzene rings is 2. The van der Waals surface area contributed by atoms with Gasteiger partial charge in [-0.1, -0.05) is 35.9 Å². The topological polar surface area (TPSA) is 64.4 Å². The maximum Gasteiger partial charge on any atom is 0.240 e. The largest absolute Gasteiger partial charge is 0.353 e. The molecule has 0 aromatic heterocycles. The van der Waals surface area contributed by atoms with E-state index in [1.807, 2.05) is 35.2 Å². The van der Waals surface area contributed by atoms with Gasteiger partial charge in [0.05, 0.1) is 34.7 Å². The Morgan fingerprint density at radius 1 is 1.07 bits per heavy atom. The number of rotatable bonds is 1. The molecule has 0 spiro atoms. The van der Waals surface area contributed by atoms with Crippen molar-refractivity contribution in [1.82, 2.24) is 4.90 Å². The number of carbonyl (C=O) groups excluding carboxylic acids is 2. The van der Waals surface area contributed by atoms with Crippen LogP contribution in [0.3, 0.4) is 0 Å². The van der Waals surface area contributed by atoms with E-state index in [-0.39, 0.29) is 10.7 Å². The zero-order chi connectivity index (χ0) is 19.6. The quantitative estimate of drug-likeness (QED) is 0.695. The molecule has 2 fully saturated rings. The minimum absolute atomic E-state index is 0.167. The summed E-state index contributed by atoms with van der Waals surface area (Å²) in [5.41, 5.74) is 2.10. The molecule has 7 heteroatoms. The van der Waals surface area contributed by atoms with Crippen LogP contribution in [-0.4, -0.2) is 22.8 Å². The maximum absolute atomic E-state index is 13.5. The highest BCUT2D eigenvalue weighted by molar-refractivity contribution is 6.31. The summed E-state index contributed by atoms with van der Waals surface area (Å²) in [6.45, 7) is 0. The molecule has 138 valence electrons. The van der Waals surface area contributed by atoms with Gasteiger partial charge in [0.1, 0.15) is 11.9 Å². The third-order valence-electron chi connectivity index (χ3n) is 5.76. The number of nitrogens with zero attached hydrogens (tertiary/aromatic N) is 3. The van der Waals surface area contributed by atoms with Crippen molar-refractivity contribution in [3.05, 3.63) is 70.6 Å². The lowest BCUT2D eigenvalue weighted by Crippen LogP contribution is -2.40. The number of carbonyl (C=O) groups is 2. The molecule has 4 unspecified atom stereocenters. The SMILES string of the molecule is N#CC1C2C(=O)N(c3ccc(F)c(Cl)c3)C(=O)C2C2c3ccccc3C=CN12. The van der Waals surface area contributed by atoms with Crippen LogP contribution in [0.4, 0.5) is 10.1 Å². The Morgan fingerprint density at radius 2 is 1.82 bits per heavy atom. The fourth-order valence-corrected chi connectivity index (χ4v) is 4.76. The van der Waals surface area contributed by atoms with Gasteiger partial charge in [-0.05, 0) is 35.4 Å². The van der Waals surface area contributed by atoms with Gasteiger partial charge < -0.3 is 4.90 Å². The van der Waals surface area contributed by atoms with E-state index in [2.05, 4.69) is 6.07 Å². The lowest BCUT2D eigenvalue weighted by Gasteiger charge is -2.33. The smallest absolute Gasteiger partial charge is 0.240 e. The molecule has 2 amide bonds. The van der Waals surface area contributed by atoms with Crippen LogP contribution in [0.2, 0.25) is 5.02 Å². The first kappa shape index (κ1) is 17.0. The number of nitriles is 1. The van der Waals surface area contributed by atoms with Crippen molar-refractivity contribution in [2.75, 3.05) is 4.90 Å². The van der Waals surface area contributed by atoms with Crippen LogP contribution in [0.1, 0.15) is 17.2 Å². The van der Waals surface area contributed by atoms with Crippen molar-refractivity contribution >= 4 is 35.2 Å². The molecular weight excluding hydrogens is 381 g/mol. The fourth-order valence-electron chi connectivity index (χ4n) is 4.58. The van der Waals surface area contributed by atoms with Gasteiger partial charge in [-0.3, -0.25) is 9.59 Å². The van der Waals surface area contributed by atoms with Gasteiger partial charge in [-0.15, -0.1) is 0 Å². The van der Waals surface area contributed by atoms with Crippen LogP contribution in [0, 0.1) is 29.0 Å². The Morgan fingerprint density at radius 3 is 2.57 bits per heavy atom. The van der Waals surface area contributed by atoms with E-state index in [4.69, 9.17) is 11.6 Å². The average Bonchev–Trinajstić information content (AvgIpc) is 3.17. The Bertz CT molecular complexity index is 1110. The van der Waals surface area contributed by atoms with E-state index in [9.17, 15) is 19.2 Å². The van der Waals surface area contributed by atoms with E-state index in [1.165, 1.54) is 12.1 Å². The molecule has 0 aliphatic carbocycles. The molecule has 5 rings (SSSR count). The van der Waals surface area contributed by atoms with Gasteiger partial charge in [0, 0.05) is 6.20 Å². The minimum Gasteiger partial charge on any atom is -0.353 e. The van der Waals surface area contributed by atoms with Crippen LogP contribution < -0.4 is 4.90 Å². The molecule has 3 heterocycles. The van der Waals surface area contributed by atoms with E-state index >= 15 is 0 Å². The van der Waals surface area contributed by atoms with Crippen LogP contribution in [-0.2, 0) is 9.59 Å². The molecule has 0 saturated carbocycles. The van der Waals surface area contributed by atoms with Crippen LogP contribution in [0.25, 0.3) is 6.08 Å². The van der Waals surface area contributed by atoms with E-state index in [1.54, 1.807) is 6.20 Å². The Labute approximate surface area is 165 Å². The highest BCUT2D eigenvalue weighted by Crippen LogP contribution is 2.52. The number of hydrogen-bond donors (Lipinski definition) is 0. The van der Waals surface area contributed by atoms with Gasteiger partial charge in [0.15, 0.2) is 0 Å². The third kappa shape index (κ3) is 2.11. The van der Waals surface area contributed by atoms with Crippen LogP contribution in [0.5, 0.6) is 0 Å². The second kappa shape index (κ2) is 5.91. The van der Waals surface area contributed by atoms with Crippen molar-refractivity contribution in [2.45, 2.75) is 12.1 Å². The molecule has 0 N–H and O–H groups in total. The summed E-state index contributed by atoms with van der Waals surface area (Å²) in [6.07, 6.45) is 3.68. The van der Waals surface area contributed by atoms with Crippen LogP contribution >= 0.6 is 11.6 Å². The van der Waals surface area contributed by atoms with E-state index in [0.717, 1.165) is 22.1 Å². The van der Waals surface area contributed by atoms with Crippen molar-refractivity contribution in [3.8, 4) is 6.07 Å². The molecule has 0 radical (unpaired) electrons. The number of hydrogen-bond acceptors (Lipinski definition) is 4. The third-order valence-corrected chi connectivity index (χ3v) is 6.04. The van der Waals surface area contributed by atoms with Gasteiger partial charge in [-0.2, -0.15) is 5.26 Å². The summed E-state index contributed by atoms with van der Waals surface area (Å²) in [5, 5.41) is 9.60. The van der Waals surface area contributed by atoms with Gasteiger partial charge in [0.25, 0.3) is 0 Å². The van der Waals surface area contributed by atoms with Crippen molar-refractivity contribution < 1.29 is 14.0 Å². The number of anilines is 1. The number of amides is 2. The molecule has 3 aliphatic heterocycles. The fraction of sp³-hybridized carbons (Fsp3) is 0.190. The minimum atomic E-state index is -0.790. The molecule has 2 aromatic rings. The predicted octanol–water partition coefficient (Wildman–Crippen LogP) is 3.52. The zero-order valence-electron chi connectivity index (χ0n) is 14.4. The predicted molar refractivity (Wildman–Crippen MR) is 100 cm³/mol. The van der Waals surface area contributed by atoms with Crippen LogP contribution in [0.15, 0.2) is 48.7 Å². The molecule has 2 aromatic carbocycles. The first-order valence-corrected chi connectivity index (χ1v) is 9.18. The molecule has 2 saturated heterocycles. The molecular formula is C21H13ClFN3O2. The Balaban J connectivity index is 1.63. The first-order chi connectivity index (χ1) is 13.5. The summed E-state index contributed by atoms with van der Waals surface area (Å²) in [7, 11) is 0. The van der Waals surface area contributed by atoms with Crippen molar-refractivity contribution in [1.29, 1.82) is 5.26 Å². The van der Waals surface area contributed by atoms with Gasteiger partial charge in [-0.25, -0.2) is 9.29 Å². The second-order valence-corrected chi connectivity index (χ2v) is 7.48. The Kier molecular flexibility index (Phi) is 3.58. The summed E-state index contributed by atoms with van der Waals surface area (Å²) in [6, 6.07) is 12.4. The summed E-state index contributed by atoms with van der Waals surface area (Å²) in [4.78, 5) is 29.4. The molecule has 4 atom stereocenters. The lowest BCUT2D eigenvalue weighted by molar-refractivity contribution is -0.123. The molecule has 3 aliphatic rings. The van der Waals surface area contributed by atoms with Crippen molar-refractivity contribution in [3.63, 3.8) is 0 Å². The molecule has 28 heavy (non-hydrogen) atoms. The normalized spacial score (nSPS) is 27.5. The standard InChI is InChI=1S/C21H13ClFN3O2/c22-14-9-12(5-6-15(14)23)26-20(27)17-16(10-24)25-8-7-11-3-1-2-4-13(11)19(25)18(17)21(26)28/h1-9,16-19H. The molecule has 0 bridgehead atoms. The lowest BCUT2D eigenvalue weighted by atomic mass is 9.85. The Hall–Kier alpha value is -3.17. The summed E-state index contributed by atoms with van der Waals surface area (Å²) >= 11 is 5.85. The van der Waals surface area contributed by atoms with Gasteiger partial charge >= 0.3 is 0 Å². The summed E-state index contributed by atoms with van der Waals surface area (Å²) < 4.78 is 13.5. The highest BCUT2D eigenvalue weighted by Gasteiger charge is 2.63. The highest BCUT2D eigenvalue weighted by atomic mass is 35.5. The number of halogens is 2. The molecule has 5 nitrogen and oxygen atoms in total. The van der Waals surface area contributed by atoms with Gasteiger partial charge in [0.2, 0.25) is 11.8 Å². The van der Waals surface area contributed by atoms with E-state index < -0.39 is 41.6 Å². The number of fused-ring (bicyclic) bond motifs is 5. The first-order valence-electron chi connectivity index (χ1n) is 8.80. The van der Waals surface area contributed by atoms with E-state index in [0.29, 0.717) is 0 Å². The number of imide groups is 1. The summed E-state index contributed by atoms with van der Waals surface area (Å²) in [5.74, 6) is -2.95. The second-order valence-electron chi connectivity index (χ2n) is 7.07. The van der Waals surface area contributed by atoms with Crippen molar-refractivity contribution in [2.24, 2.45) is 11.8 Å². The average molecular weight is 394 g/mol. The maximum atomic E-state index is 13.5. The zero-order valence-corrected chi connectivity index (χ0v) is 15.2.